The van der Waals surface area contributed by atoms with Gasteiger partial charge in [-0.15, -0.1) is 0 Å². The number of carbonyl (C=O) groups excluding carboxylic acids is 1. The summed E-state index contributed by atoms with van der Waals surface area (Å²) in [5, 5.41) is 4.76. The van der Waals surface area contributed by atoms with Gasteiger partial charge in [-0.3, -0.25) is 9.48 Å². The Labute approximate surface area is 148 Å². The Morgan fingerprint density at radius 2 is 2.00 bits per heavy atom. The van der Waals surface area contributed by atoms with Gasteiger partial charge in [0.05, 0.1) is 31.5 Å². The molecule has 0 bridgehead atoms. The largest absolute Gasteiger partial charge is 0.377 e. The molecule has 25 heavy (non-hydrogen) atoms. The first-order valence-corrected chi connectivity index (χ1v) is 9.11. The molecule has 5 nitrogen and oxygen atoms in total. The maximum atomic E-state index is 12.7. The SMILES string of the molecule is Cc1nn(Cc2ccccc2)c(C)c1[C@@H]1COCCN1C(=O)C1CC1. The van der Waals surface area contributed by atoms with Crippen LogP contribution in [0.5, 0.6) is 0 Å². The van der Waals surface area contributed by atoms with Crippen LogP contribution in [0.1, 0.15) is 41.4 Å². The molecule has 0 unspecified atom stereocenters. The Hall–Kier alpha value is -2.14. The van der Waals surface area contributed by atoms with E-state index in [9.17, 15) is 4.79 Å². The lowest BCUT2D eigenvalue weighted by Gasteiger charge is -2.36. The van der Waals surface area contributed by atoms with Gasteiger partial charge in [0.25, 0.3) is 0 Å². The zero-order valence-electron chi connectivity index (χ0n) is 14.9. The summed E-state index contributed by atoms with van der Waals surface area (Å²) in [6.07, 6.45) is 2.07. The van der Waals surface area contributed by atoms with E-state index in [4.69, 9.17) is 9.84 Å². The van der Waals surface area contributed by atoms with Gasteiger partial charge in [0.15, 0.2) is 0 Å². The van der Waals surface area contributed by atoms with E-state index in [-0.39, 0.29) is 12.0 Å². The highest BCUT2D eigenvalue weighted by molar-refractivity contribution is 5.81. The summed E-state index contributed by atoms with van der Waals surface area (Å²) in [4.78, 5) is 14.7. The van der Waals surface area contributed by atoms with Gasteiger partial charge in [-0.05, 0) is 32.3 Å². The van der Waals surface area contributed by atoms with Crippen LogP contribution in [-0.2, 0) is 16.1 Å². The molecule has 1 aromatic heterocycles. The first-order chi connectivity index (χ1) is 12.1. The fourth-order valence-electron chi connectivity index (χ4n) is 3.77. The van der Waals surface area contributed by atoms with Crippen LogP contribution < -0.4 is 0 Å². The molecule has 1 aliphatic carbocycles. The summed E-state index contributed by atoms with van der Waals surface area (Å²) >= 11 is 0. The van der Waals surface area contributed by atoms with E-state index in [1.54, 1.807) is 0 Å². The van der Waals surface area contributed by atoms with E-state index in [2.05, 4.69) is 19.1 Å². The van der Waals surface area contributed by atoms with Crippen LogP contribution in [0.2, 0.25) is 0 Å². The van der Waals surface area contributed by atoms with Crippen LogP contribution in [0.15, 0.2) is 30.3 Å². The summed E-state index contributed by atoms with van der Waals surface area (Å²) in [6, 6.07) is 10.3. The highest BCUT2D eigenvalue weighted by atomic mass is 16.5. The van der Waals surface area contributed by atoms with Crippen molar-refractivity contribution in [2.75, 3.05) is 19.8 Å². The van der Waals surface area contributed by atoms with Crippen LogP contribution in [0.4, 0.5) is 0 Å². The fourth-order valence-corrected chi connectivity index (χ4v) is 3.77. The number of ether oxygens (including phenoxy) is 1. The van der Waals surface area contributed by atoms with Crippen LogP contribution >= 0.6 is 0 Å². The Bertz CT molecular complexity index is 765. The van der Waals surface area contributed by atoms with Crippen molar-refractivity contribution >= 4 is 5.91 Å². The smallest absolute Gasteiger partial charge is 0.226 e. The lowest BCUT2D eigenvalue weighted by Crippen LogP contribution is -2.44. The quantitative estimate of drug-likeness (QED) is 0.860. The van der Waals surface area contributed by atoms with E-state index >= 15 is 0 Å². The number of benzene rings is 1. The van der Waals surface area contributed by atoms with Crippen molar-refractivity contribution in [3.05, 3.63) is 52.8 Å². The van der Waals surface area contributed by atoms with E-state index in [0.29, 0.717) is 25.7 Å². The number of amides is 1. The van der Waals surface area contributed by atoms with Gasteiger partial charge < -0.3 is 9.64 Å². The molecule has 1 aromatic carbocycles. The third-order valence-corrected chi connectivity index (χ3v) is 5.28. The topological polar surface area (TPSA) is 47.4 Å². The number of aryl methyl sites for hydroxylation is 1. The summed E-state index contributed by atoms with van der Waals surface area (Å²) in [6.45, 7) is 6.77. The standard InChI is InChI=1S/C20H25N3O2/c1-14-19(15(2)23(21-14)12-16-6-4-3-5-7-16)18-13-25-11-10-22(18)20(24)17-8-9-17/h3-7,17-18H,8-13H2,1-2H3/t18-/m0/s1. The first kappa shape index (κ1) is 16.3. The molecule has 4 rings (SSSR count). The second-order valence-electron chi connectivity index (χ2n) is 7.12. The zero-order chi connectivity index (χ0) is 17.4. The van der Waals surface area contributed by atoms with E-state index in [0.717, 1.165) is 36.3 Å². The van der Waals surface area contributed by atoms with Crippen molar-refractivity contribution in [1.82, 2.24) is 14.7 Å². The molecule has 2 aromatic rings. The Kier molecular flexibility index (Phi) is 4.34. The Morgan fingerprint density at radius 1 is 1.24 bits per heavy atom. The summed E-state index contributed by atoms with van der Waals surface area (Å²) < 4.78 is 7.77. The number of nitrogens with zero attached hydrogens (tertiary/aromatic N) is 3. The van der Waals surface area contributed by atoms with Crippen molar-refractivity contribution < 1.29 is 9.53 Å². The lowest BCUT2D eigenvalue weighted by molar-refractivity contribution is -0.141. The Balaban J connectivity index is 1.63. The van der Waals surface area contributed by atoms with Crippen LogP contribution in [0, 0.1) is 19.8 Å². The van der Waals surface area contributed by atoms with Gasteiger partial charge in [-0.2, -0.15) is 5.10 Å². The number of aromatic nitrogens is 2. The van der Waals surface area contributed by atoms with Crippen molar-refractivity contribution in [2.45, 2.75) is 39.3 Å². The van der Waals surface area contributed by atoms with Crippen LogP contribution in [0.3, 0.4) is 0 Å². The third kappa shape index (κ3) is 3.21. The maximum Gasteiger partial charge on any atom is 0.226 e. The van der Waals surface area contributed by atoms with Crippen molar-refractivity contribution in [3.8, 4) is 0 Å². The maximum absolute atomic E-state index is 12.7. The minimum absolute atomic E-state index is 0.00799. The summed E-state index contributed by atoms with van der Waals surface area (Å²) in [5.41, 5.74) is 4.51. The van der Waals surface area contributed by atoms with E-state index in [1.165, 1.54) is 5.56 Å². The second-order valence-corrected chi connectivity index (χ2v) is 7.12. The monoisotopic (exact) mass is 339 g/mol. The van der Waals surface area contributed by atoms with Gasteiger partial charge in [-0.1, -0.05) is 30.3 Å². The molecule has 1 aliphatic heterocycles. The van der Waals surface area contributed by atoms with Crippen molar-refractivity contribution in [1.29, 1.82) is 0 Å². The molecular weight excluding hydrogens is 314 g/mol. The Morgan fingerprint density at radius 3 is 2.72 bits per heavy atom. The molecule has 0 radical (unpaired) electrons. The number of hydrogen-bond donors (Lipinski definition) is 0. The van der Waals surface area contributed by atoms with Crippen molar-refractivity contribution in [2.24, 2.45) is 5.92 Å². The second kappa shape index (κ2) is 6.64. The first-order valence-electron chi connectivity index (χ1n) is 9.11. The molecule has 2 aliphatic rings. The van der Waals surface area contributed by atoms with E-state index in [1.807, 2.05) is 34.7 Å². The molecule has 1 saturated heterocycles. The lowest BCUT2D eigenvalue weighted by atomic mass is 10.0. The minimum atomic E-state index is -0.00799. The average Bonchev–Trinajstić information content (AvgIpc) is 3.43. The zero-order valence-corrected chi connectivity index (χ0v) is 14.9. The number of rotatable bonds is 4. The summed E-state index contributed by atoms with van der Waals surface area (Å²) in [7, 11) is 0. The highest BCUT2D eigenvalue weighted by Crippen LogP contribution is 2.36. The van der Waals surface area contributed by atoms with Gasteiger partial charge in [0.1, 0.15) is 0 Å². The molecule has 2 heterocycles. The number of hydrogen-bond acceptors (Lipinski definition) is 3. The van der Waals surface area contributed by atoms with Gasteiger partial charge in [-0.25, -0.2) is 0 Å². The molecular formula is C20H25N3O2. The van der Waals surface area contributed by atoms with Gasteiger partial charge in [0, 0.05) is 23.7 Å². The van der Waals surface area contributed by atoms with Crippen LogP contribution in [-0.4, -0.2) is 40.3 Å². The highest BCUT2D eigenvalue weighted by Gasteiger charge is 2.39. The van der Waals surface area contributed by atoms with Crippen molar-refractivity contribution in [3.63, 3.8) is 0 Å². The summed E-state index contributed by atoms with van der Waals surface area (Å²) in [5.74, 6) is 0.531. The van der Waals surface area contributed by atoms with E-state index < -0.39 is 0 Å². The number of morpholine rings is 1. The molecule has 0 spiro atoms. The predicted molar refractivity (Wildman–Crippen MR) is 95.2 cm³/mol. The molecule has 1 amide bonds. The van der Waals surface area contributed by atoms with Gasteiger partial charge in [0.2, 0.25) is 5.91 Å². The van der Waals surface area contributed by atoms with Crippen LogP contribution in [0.25, 0.3) is 0 Å². The fraction of sp³-hybridized carbons (Fsp3) is 0.500. The normalized spacial score (nSPS) is 20.7. The minimum Gasteiger partial charge on any atom is -0.377 e. The number of carbonyl (C=O) groups is 1. The third-order valence-electron chi connectivity index (χ3n) is 5.28. The van der Waals surface area contributed by atoms with Gasteiger partial charge >= 0.3 is 0 Å². The molecule has 132 valence electrons. The molecule has 1 saturated carbocycles. The molecule has 5 heteroatoms. The molecule has 1 atom stereocenters. The molecule has 0 N–H and O–H groups in total. The predicted octanol–water partition coefficient (Wildman–Crippen LogP) is 2.86. The molecule has 2 fully saturated rings. The average molecular weight is 339 g/mol.